The molecule has 0 fully saturated rings. The molecule has 5 aromatic rings. The Kier molecular flexibility index (Phi) is 8.17. The highest BCUT2D eigenvalue weighted by molar-refractivity contribution is 7.88. The normalized spacial score (nSPS) is 19.1. The summed E-state index contributed by atoms with van der Waals surface area (Å²) in [6, 6.07) is 31.9. The van der Waals surface area contributed by atoms with E-state index in [1.807, 2.05) is 60.7 Å². The zero-order chi connectivity index (χ0) is 37.3. The Labute approximate surface area is 291 Å². The third-order valence-corrected chi connectivity index (χ3v) is 10.9. The summed E-state index contributed by atoms with van der Waals surface area (Å²) in [6.45, 7) is 0. The number of fused-ring (bicyclic) bond motifs is 4. The van der Waals surface area contributed by atoms with E-state index >= 15 is 0 Å². The van der Waals surface area contributed by atoms with Crippen LogP contribution in [0.3, 0.4) is 0 Å². The van der Waals surface area contributed by atoms with Crippen LogP contribution in [0.2, 0.25) is 0 Å². The SMILES string of the molecule is O=S(=O)(Oc1ccc2ccc(-c3ccc4c(c3)C(c3ccccc3)(C3C=CC=CC3)c3ccccc3-4)cc2c1)C(F)(F)C(F)(F)C(F)(F)C(F)(F)F. The van der Waals surface area contributed by atoms with Gasteiger partial charge in [0.1, 0.15) is 5.75 Å². The monoisotopic (exact) mass is 744 g/mol. The standard InChI is InChI=1S/C39H25F9O3S/c40-36(41,38(44,45)46)37(42,43)39(47,48)52(49,50)51-30-19-17-24-15-16-25(21-27(24)22-30)26-18-20-32-31-13-7-8-14-33(31)35(34(32)23-26,28-9-3-1-4-10-28)29-11-5-2-6-12-29/h1-11,13-23,29H,12H2. The van der Waals surface area contributed by atoms with Gasteiger partial charge in [-0.05, 0) is 86.3 Å². The molecule has 0 aromatic heterocycles. The summed E-state index contributed by atoms with van der Waals surface area (Å²) in [4.78, 5) is 0. The Hall–Kier alpha value is -5.04. The van der Waals surface area contributed by atoms with E-state index in [0.29, 0.717) is 16.5 Å². The summed E-state index contributed by atoms with van der Waals surface area (Å²) in [5, 5.41) is -6.40. The molecule has 7 rings (SSSR count). The third kappa shape index (κ3) is 5.14. The van der Waals surface area contributed by atoms with Crippen molar-refractivity contribution in [1.82, 2.24) is 0 Å². The molecule has 0 spiro atoms. The van der Waals surface area contributed by atoms with Gasteiger partial charge in [0.2, 0.25) is 0 Å². The summed E-state index contributed by atoms with van der Waals surface area (Å²) in [6.07, 6.45) is 1.87. The lowest BCUT2D eigenvalue weighted by Gasteiger charge is -2.39. The van der Waals surface area contributed by atoms with Crippen molar-refractivity contribution in [3.63, 3.8) is 0 Å². The first-order valence-electron chi connectivity index (χ1n) is 15.7. The van der Waals surface area contributed by atoms with Gasteiger partial charge >= 0.3 is 33.4 Å². The predicted octanol–water partition coefficient (Wildman–Crippen LogP) is 11.1. The van der Waals surface area contributed by atoms with Crippen LogP contribution in [0.25, 0.3) is 33.0 Å². The van der Waals surface area contributed by atoms with Crippen LogP contribution in [0.15, 0.2) is 133 Å². The van der Waals surface area contributed by atoms with Crippen molar-refractivity contribution in [3.05, 3.63) is 150 Å². The summed E-state index contributed by atoms with van der Waals surface area (Å²) in [5.74, 6) is -15.8. The number of alkyl halides is 9. The van der Waals surface area contributed by atoms with Gasteiger partial charge in [0, 0.05) is 0 Å². The van der Waals surface area contributed by atoms with Crippen molar-refractivity contribution >= 4 is 20.9 Å². The van der Waals surface area contributed by atoms with Crippen LogP contribution < -0.4 is 4.18 Å². The van der Waals surface area contributed by atoms with Crippen LogP contribution in [0.5, 0.6) is 5.75 Å². The van der Waals surface area contributed by atoms with E-state index in [4.69, 9.17) is 0 Å². The van der Waals surface area contributed by atoms with E-state index < -0.39 is 44.6 Å². The Morgan fingerprint density at radius 1 is 0.615 bits per heavy atom. The van der Waals surface area contributed by atoms with Crippen molar-refractivity contribution in [2.45, 2.75) is 35.1 Å². The maximum Gasteiger partial charge on any atom is 0.460 e. The molecule has 0 saturated heterocycles. The maximum atomic E-state index is 14.4. The largest absolute Gasteiger partial charge is 0.460 e. The third-order valence-electron chi connectivity index (χ3n) is 9.63. The number of hydrogen-bond acceptors (Lipinski definition) is 3. The van der Waals surface area contributed by atoms with Gasteiger partial charge in [-0.15, -0.1) is 0 Å². The molecule has 268 valence electrons. The van der Waals surface area contributed by atoms with E-state index in [1.54, 1.807) is 18.2 Å². The van der Waals surface area contributed by atoms with Crippen molar-refractivity contribution in [3.8, 4) is 28.0 Å². The molecule has 2 atom stereocenters. The Morgan fingerprint density at radius 2 is 1.25 bits per heavy atom. The van der Waals surface area contributed by atoms with E-state index in [0.717, 1.165) is 46.4 Å². The highest BCUT2D eigenvalue weighted by Gasteiger charge is 2.86. The summed E-state index contributed by atoms with van der Waals surface area (Å²) < 4.78 is 150. The molecule has 2 aliphatic rings. The topological polar surface area (TPSA) is 43.4 Å². The van der Waals surface area contributed by atoms with Crippen LogP contribution in [-0.2, 0) is 15.5 Å². The fourth-order valence-corrected chi connectivity index (χ4v) is 8.08. The number of rotatable bonds is 8. The lowest BCUT2D eigenvalue weighted by molar-refractivity contribution is -0.382. The molecule has 0 heterocycles. The average Bonchev–Trinajstić information content (AvgIpc) is 3.41. The molecule has 2 aliphatic carbocycles. The van der Waals surface area contributed by atoms with Gasteiger partial charge in [0.25, 0.3) is 0 Å². The van der Waals surface area contributed by atoms with Gasteiger partial charge in [-0.2, -0.15) is 47.9 Å². The van der Waals surface area contributed by atoms with Crippen molar-refractivity contribution in [1.29, 1.82) is 0 Å². The second-order valence-corrected chi connectivity index (χ2v) is 14.1. The molecule has 3 nitrogen and oxygen atoms in total. The quantitative estimate of drug-likeness (QED) is 0.117. The summed E-state index contributed by atoms with van der Waals surface area (Å²) >= 11 is 0. The minimum atomic E-state index is -7.41. The van der Waals surface area contributed by atoms with Crippen molar-refractivity contribution in [2.75, 3.05) is 0 Å². The lowest BCUT2D eigenvalue weighted by Crippen LogP contribution is -2.63. The molecule has 2 unspecified atom stereocenters. The zero-order valence-electron chi connectivity index (χ0n) is 26.5. The predicted molar refractivity (Wildman–Crippen MR) is 178 cm³/mol. The Bertz CT molecular complexity index is 2370. The van der Waals surface area contributed by atoms with Gasteiger partial charge in [0.05, 0.1) is 5.41 Å². The number of halogens is 9. The fourth-order valence-electron chi connectivity index (χ4n) is 7.17. The van der Waals surface area contributed by atoms with Gasteiger partial charge in [-0.25, -0.2) is 0 Å². The maximum absolute atomic E-state index is 14.4. The lowest BCUT2D eigenvalue weighted by atomic mass is 9.62. The number of benzene rings is 5. The van der Waals surface area contributed by atoms with Crippen molar-refractivity contribution < 1.29 is 52.1 Å². The van der Waals surface area contributed by atoms with E-state index in [2.05, 4.69) is 40.6 Å². The van der Waals surface area contributed by atoms with Crippen LogP contribution in [0.4, 0.5) is 39.5 Å². The Morgan fingerprint density at radius 3 is 1.94 bits per heavy atom. The first-order chi connectivity index (χ1) is 24.4. The zero-order valence-corrected chi connectivity index (χ0v) is 27.3. The summed E-state index contributed by atoms with van der Waals surface area (Å²) in [5.41, 5.74) is 5.97. The van der Waals surface area contributed by atoms with E-state index in [9.17, 15) is 47.9 Å². The van der Waals surface area contributed by atoms with Crippen molar-refractivity contribution in [2.24, 2.45) is 5.92 Å². The molecule has 5 aromatic carbocycles. The molecule has 52 heavy (non-hydrogen) atoms. The molecular weight excluding hydrogens is 719 g/mol. The van der Waals surface area contributed by atoms with Gasteiger partial charge in [-0.3, -0.25) is 0 Å². The van der Waals surface area contributed by atoms with E-state index in [1.165, 1.54) is 6.07 Å². The van der Waals surface area contributed by atoms with Gasteiger partial charge in [-0.1, -0.05) is 109 Å². The Balaban J connectivity index is 1.30. The molecule has 0 saturated carbocycles. The molecule has 0 aliphatic heterocycles. The number of allylic oxidation sites excluding steroid dienone is 4. The van der Waals surface area contributed by atoms with Crippen LogP contribution in [-0.4, -0.2) is 31.7 Å². The minimum Gasteiger partial charge on any atom is -0.378 e. The second kappa shape index (κ2) is 12.0. The van der Waals surface area contributed by atoms with Crippen LogP contribution >= 0.6 is 0 Å². The van der Waals surface area contributed by atoms with Crippen LogP contribution in [0, 0.1) is 5.92 Å². The molecule has 0 amide bonds. The average molecular weight is 745 g/mol. The van der Waals surface area contributed by atoms with Gasteiger partial charge in [0.15, 0.2) is 0 Å². The molecule has 0 radical (unpaired) electrons. The molecular formula is C39H25F9O3S. The molecule has 0 bridgehead atoms. The first-order valence-corrected chi connectivity index (χ1v) is 17.2. The highest BCUT2D eigenvalue weighted by Crippen LogP contribution is 2.59. The smallest absolute Gasteiger partial charge is 0.378 e. The summed E-state index contributed by atoms with van der Waals surface area (Å²) in [7, 11) is -7.10. The molecule has 13 heteroatoms. The highest BCUT2D eigenvalue weighted by atomic mass is 32.2. The first kappa shape index (κ1) is 35.4. The second-order valence-electron chi connectivity index (χ2n) is 12.6. The minimum absolute atomic E-state index is 0.0254. The van der Waals surface area contributed by atoms with E-state index in [-0.39, 0.29) is 11.3 Å². The van der Waals surface area contributed by atoms with Gasteiger partial charge < -0.3 is 4.18 Å². The van der Waals surface area contributed by atoms with Crippen LogP contribution in [0.1, 0.15) is 23.1 Å². The fraction of sp³-hybridized carbons (Fsp3) is 0.179. The number of hydrogen-bond donors (Lipinski definition) is 0. The molecule has 0 N–H and O–H groups in total.